The predicted molar refractivity (Wildman–Crippen MR) is 54.4 cm³/mol. The fraction of sp³-hybridized carbons (Fsp3) is 0. The van der Waals surface area contributed by atoms with Gasteiger partial charge >= 0.3 is 61.8 Å². The fourth-order valence-electron chi connectivity index (χ4n) is 0.697. The van der Waals surface area contributed by atoms with Crippen LogP contribution in [-0.4, -0.2) is 59.8 Å². The summed E-state index contributed by atoms with van der Waals surface area (Å²) in [7, 11) is -4.00. The zero-order valence-corrected chi connectivity index (χ0v) is 7.53. The van der Waals surface area contributed by atoms with Crippen LogP contribution in [0.3, 0.4) is 0 Å². The molecule has 0 unspecified atom stereocenters. The van der Waals surface area contributed by atoms with Gasteiger partial charge in [0.05, 0.1) is 0 Å². The van der Waals surface area contributed by atoms with Crippen LogP contribution in [0.4, 0.5) is 0 Å². The summed E-state index contributed by atoms with van der Waals surface area (Å²) in [6, 6.07) is 8.05. The summed E-state index contributed by atoms with van der Waals surface area (Å²) in [6.07, 6.45) is 0.790. The maximum absolute atomic E-state index is 10.9. The molecule has 4 nitrogen and oxygen atoms in total. The van der Waals surface area contributed by atoms with Crippen molar-refractivity contribution in [3.63, 3.8) is 0 Å². The van der Waals surface area contributed by atoms with E-state index in [4.69, 9.17) is 0 Å². The molecule has 0 saturated heterocycles. The van der Waals surface area contributed by atoms with Crippen LogP contribution in [0.2, 0.25) is 0 Å². The molecule has 14 heavy (non-hydrogen) atoms. The molecule has 0 spiro atoms. The Morgan fingerprint density at radius 1 is 1.21 bits per heavy atom. The van der Waals surface area contributed by atoms with E-state index in [1.165, 1.54) is 12.1 Å². The Morgan fingerprint density at radius 3 is 2.29 bits per heavy atom. The first-order chi connectivity index (χ1) is 6.14. The molecular formula is C8H9KO4S. The van der Waals surface area contributed by atoms with E-state index in [0.29, 0.717) is 0 Å². The van der Waals surface area contributed by atoms with Gasteiger partial charge in [0.25, 0.3) is 0 Å². The summed E-state index contributed by atoms with van der Waals surface area (Å²) >= 11 is 0. The molecule has 1 aromatic carbocycles. The topological polar surface area (TPSA) is 52.6 Å². The minimum absolute atomic E-state index is 0. The number of benzene rings is 1. The van der Waals surface area contributed by atoms with E-state index in [-0.39, 0.29) is 57.1 Å². The second-order valence-electron chi connectivity index (χ2n) is 2.07. The number of hydrogen-bond acceptors (Lipinski definition) is 4. The van der Waals surface area contributed by atoms with E-state index in [2.05, 4.69) is 14.9 Å². The molecule has 0 aromatic heterocycles. The van der Waals surface area contributed by atoms with Gasteiger partial charge in [-0.25, -0.2) is 0 Å². The van der Waals surface area contributed by atoms with Gasteiger partial charge in [0.15, 0.2) is 0 Å². The van der Waals surface area contributed by atoms with Crippen molar-refractivity contribution in [2.45, 2.75) is 0 Å². The van der Waals surface area contributed by atoms with Crippen molar-refractivity contribution in [3.8, 4) is 5.75 Å². The minimum atomic E-state index is -4.00. The molecule has 6 heteroatoms. The summed E-state index contributed by atoms with van der Waals surface area (Å²) in [5.74, 6) is 0.198. The van der Waals surface area contributed by atoms with Gasteiger partial charge in [-0.1, -0.05) is 24.8 Å². The van der Waals surface area contributed by atoms with Crippen LogP contribution in [0.15, 0.2) is 43.2 Å². The summed E-state index contributed by atoms with van der Waals surface area (Å²) in [4.78, 5) is 0. The zero-order valence-electron chi connectivity index (χ0n) is 6.71. The molecule has 0 atom stereocenters. The van der Waals surface area contributed by atoms with Crippen molar-refractivity contribution in [3.05, 3.63) is 43.2 Å². The van der Waals surface area contributed by atoms with E-state index >= 15 is 0 Å². The van der Waals surface area contributed by atoms with Crippen molar-refractivity contribution in [2.75, 3.05) is 0 Å². The first-order valence-electron chi connectivity index (χ1n) is 3.43. The third-order valence-electron chi connectivity index (χ3n) is 1.13. The first-order valence-corrected chi connectivity index (χ1v) is 4.76. The van der Waals surface area contributed by atoms with Gasteiger partial charge in [-0.3, -0.25) is 0 Å². The molecule has 0 aliphatic carbocycles. The van der Waals surface area contributed by atoms with E-state index in [1.54, 1.807) is 18.2 Å². The average molecular weight is 240 g/mol. The number of hydrogen-bond donors (Lipinski definition) is 0. The molecule has 0 fully saturated rings. The van der Waals surface area contributed by atoms with Gasteiger partial charge in [-0.2, -0.15) is 0 Å². The second-order valence-corrected chi connectivity index (χ2v) is 3.24. The van der Waals surface area contributed by atoms with Gasteiger partial charge in [0, 0.05) is 0 Å². The van der Waals surface area contributed by atoms with Gasteiger partial charge in [-0.15, -0.1) is 8.42 Å². The van der Waals surface area contributed by atoms with Gasteiger partial charge in [0.1, 0.15) is 12.0 Å². The first kappa shape index (κ1) is 14.1. The van der Waals surface area contributed by atoms with Crippen molar-refractivity contribution in [1.29, 1.82) is 0 Å². The summed E-state index contributed by atoms with van der Waals surface area (Å²) in [6.45, 7) is 3.11. The van der Waals surface area contributed by atoms with Crippen molar-refractivity contribution in [1.82, 2.24) is 0 Å². The van der Waals surface area contributed by atoms with Gasteiger partial charge in [-0.05, 0) is 12.1 Å². The predicted octanol–water partition coefficient (Wildman–Crippen LogP) is 0.822. The van der Waals surface area contributed by atoms with Crippen molar-refractivity contribution >= 4 is 61.8 Å². The van der Waals surface area contributed by atoms with E-state index < -0.39 is 10.4 Å². The second kappa shape index (κ2) is 6.60. The van der Waals surface area contributed by atoms with Crippen LogP contribution in [-0.2, 0) is 14.6 Å². The summed E-state index contributed by atoms with van der Waals surface area (Å²) < 4.78 is 30.4. The molecule has 72 valence electrons. The Bertz CT molecular complexity index is 374. The molecule has 0 aliphatic heterocycles. The molecular weight excluding hydrogens is 231 g/mol. The summed E-state index contributed by atoms with van der Waals surface area (Å²) in [5, 5.41) is 0. The maximum atomic E-state index is 10.9. The van der Waals surface area contributed by atoms with Gasteiger partial charge in [0.2, 0.25) is 0 Å². The summed E-state index contributed by atoms with van der Waals surface area (Å²) in [5.41, 5.74) is 0. The normalized spacial score (nSPS) is 9.71. The Morgan fingerprint density at radius 2 is 1.79 bits per heavy atom. The van der Waals surface area contributed by atoms with Crippen LogP contribution in [0.1, 0.15) is 0 Å². The molecule has 1 aromatic rings. The standard InChI is InChI=1S/C8H8O4S.K.H/c1-2-11-13(9,10)12-8-6-4-3-5-7-8;;/h2-7H,1H2;;. The number of rotatable bonds is 4. The third kappa shape index (κ3) is 5.13. The third-order valence-corrected chi connectivity index (χ3v) is 1.90. The Kier molecular flexibility index (Phi) is 6.67. The number of para-hydroxylation sites is 1. The van der Waals surface area contributed by atoms with E-state index in [1.807, 2.05) is 0 Å². The Hall–Kier alpha value is 0.146. The zero-order chi connectivity index (χ0) is 9.73. The van der Waals surface area contributed by atoms with Crippen molar-refractivity contribution in [2.24, 2.45) is 0 Å². The van der Waals surface area contributed by atoms with E-state index in [9.17, 15) is 8.42 Å². The van der Waals surface area contributed by atoms with Crippen molar-refractivity contribution < 1.29 is 16.8 Å². The molecule has 1 rings (SSSR count). The van der Waals surface area contributed by atoms with Crippen LogP contribution >= 0.6 is 0 Å². The molecule has 0 radical (unpaired) electrons. The van der Waals surface area contributed by atoms with Crippen LogP contribution in [0.5, 0.6) is 5.75 Å². The monoisotopic (exact) mass is 240 g/mol. The van der Waals surface area contributed by atoms with Crippen LogP contribution < -0.4 is 4.18 Å². The van der Waals surface area contributed by atoms with E-state index in [0.717, 1.165) is 6.26 Å². The molecule has 0 saturated carbocycles. The fourth-order valence-corrected chi connectivity index (χ4v) is 1.25. The van der Waals surface area contributed by atoms with Crippen LogP contribution in [0, 0.1) is 0 Å². The Balaban J connectivity index is 0.00000169. The quantitative estimate of drug-likeness (QED) is 0.577. The molecule has 0 N–H and O–H groups in total. The Labute approximate surface area is 126 Å². The molecule has 0 heterocycles. The molecule has 0 bridgehead atoms. The molecule has 0 aliphatic rings. The SMILES string of the molecule is C=COS(=O)(=O)Oc1ccccc1.[KH]. The van der Waals surface area contributed by atoms with Crippen LogP contribution in [0.25, 0.3) is 0 Å². The average Bonchev–Trinajstić information content (AvgIpc) is 2.04. The van der Waals surface area contributed by atoms with Gasteiger partial charge < -0.3 is 8.37 Å². The molecule has 0 amide bonds.